The Hall–Kier alpha value is -1.27. The van der Waals surface area contributed by atoms with Gasteiger partial charge in [0.15, 0.2) is 0 Å². The van der Waals surface area contributed by atoms with Crippen LogP contribution in [0, 0.1) is 5.82 Å². The van der Waals surface area contributed by atoms with E-state index in [2.05, 4.69) is 38.3 Å². The standard InChI is InChI=1S/C14H18BrFN4/c1-3-7-17-12(8-13-18-9-19-20(13)2)14-10(15)5-4-6-11(14)16/h4-6,9,12,17H,3,7-8H2,1-2H3. The van der Waals surface area contributed by atoms with E-state index in [9.17, 15) is 4.39 Å². The van der Waals surface area contributed by atoms with Gasteiger partial charge in [0.05, 0.1) is 0 Å². The first kappa shape index (κ1) is 15.1. The summed E-state index contributed by atoms with van der Waals surface area (Å²) in [6.07, 6.45) is 3.10. The summed E-state index contributed by atoms with van der Waals surface area (Å²) in [6.45, 7) is 2.91. The topological polar surface area (TPSA) is 42.7 Å². The molecule has 0 bridgehead atoms. The largest absolute Gasteiger partial charge is 0.309 e. The molecule has 1 N–H and O–H groups in total. The molecular weight excluding hydrogens is 323 g/mol. The number of benzene rings is 1. The van der Waals surface area contributed by atoms with Crippen molar-refractivity contribution in [1.29, 1.82) is 0 Å². The molecule has 0 saturated heterocycles. The zero-order valence-corrected chi connectivity index (χ0v) is 13.2. The highest BCUT2D eigenvalue weighted by atomic mass is 79.9. The van der Waals surface area contributed by atoms with Crippen molar-refractivity contribution >= 4 is 15.9 Å². The summed E-state index contributed by atoms with van der Waals surface area (Å²) in [5.74, 6) is 0.615. The molecule has 0 aliphatic carbocycles. The lowest BCUT2D eigenvalue weighted by Crippen LogP contribution is -2.26. The third-order valence-corrected chi connectivity index (χ3v) is 3.87. The van der Waals surface area contributed by atoms with Gasteiger partial charge in [-0.3, -0.25) is 4.68 Å². The van der Waals surface area contributed by atoms with Gasteiger partial charge in [-0.15, -0.1) is 0 Å². The molecule has 0 spiro atoms. The van der Waals surface area contributed by atoms with Gasteiger partial charge in [-0.1, -0.05) is 28.9 Å². The maximum Gasteiger partial charge on any atom is 0.138 e. The van der Waals surface area contributed by atoms with Gasteiger partial charge in [-0.2, -0.15) is 5.10 Å². The van der Waals surface area contributed by atoms with E-state index in [0.717, 1.165) is 23.3 Å². The van der Waals surface area contributed by atoms with Gasteiger partial charge in [0.25, 0.3) is 0 Å². The van der Waals surface area contributed by atoms with Crippen LogP contribution in [0.5, 0.6) is 0 Å². The van der Waals surface area contributed by atoms with Crippen LogP contribution in [-0.2, 0) is 13.5 Å². The average Bonchev–Trinajstić information content (AvgIpc) is 2.81. The zero-order valence-electron chi connectivity index (χ0n) is 11.6. The summed E-state index contributed by atoms with van der Waals surface area (Å²) in [5.41, 5.74) is 0.643. The lowest BCUT2D eigenvalue weighted by atomic mass is 10.0. The van der Waals surface area contributed by atoms with Crippen LogP contribution in [0.15, 0.2) is 29.0 Å². The van der Waals surface area contributed by atoms with Crippen molar-refractivity contribution in [2.75, 3.05) is 6.54 Å². The molecule has 0 saturated carbocycles. The second-order valence-corrected chi connectivity index (χ2v) is 5.50. The number of hydrogen-bond donors (Lipinski definition) is 1. The molecule has 6 heteroatoms. The molecule has 0 amide bonds. The van der Waals surface area contributed by atoms with Crippen molar-refractivity contribution in [2.45, 2.75) is 25.8 Å². The van der Waals surface area contributed by atoms with Gasteiger partial charge in [0.2, 0.25) is 0 Å². The lowest BCUT2D eigenvalue weighted by molar-refractivity contribution is 0.479. The molecule has 0 aliphatic heterocycles. The van der Waals surface area contributed by atoms with E-state index in [1.807, 2.05) is 13.1 Å². The van der Waals surface area contributed by atoms with Crippen LogP contribution in [0.4, 0.5) is 4.39 Å². The van der Waals surface area contributed by atoms with Crippen LogP contribution in [0.25, 0.3) is 0 Å². The molecule has 2 aromatic rings. The van der Waals surface area contributed by atoms with Crippen LogP contribution >= 0.6 is 15.9 Å². The van der Waals surface area contributed by atoms with E-state index < -0.39 is 0 Å². The van der Waals surface area contributed by atoms with Crippen LogP contribution in [0.1, 0.15) is 30.8 Å². The maximum atomic E-state index is 14.1. The Morgan fingerprint density at radius 1 is 1.45 bits per heavy atom. The van der Waals surface area contributed by atoms with E-state index >= 15 is 0 Å². The quantitative estimate of drug-likeness (QED) is 0.878. The summed E-state index contributed by atoms with van der Waals surface area (Å²) in [6, 6.07) is 4.91. The molecule has 2 rings (SSSR count). The molecule has 20 heavy (non-hydrogen) atoms. The van der Waals surface area contributed by atoms with E-state index in [1.54, 1.807) is 10.7 Å². The summed E-state index contributed by atoms with van der Waals surface area (Å²) in [7, 11) is 1.84. The number of hydrogen-bond acceptors (Lipinski definition) is 3. The number of nitrogens with one attached hydrogen (secondary N) is 1. The Bertz CT molecular complexity index is 550. The molecule has 1 aromatic carbocycles. The van der Waals surface area contributed by atoms with Crippen LogP contribution < -0.4 is 5.32 Å². The third-order valence-electron chi connectivity index (χ3n) is 3.18. The Balaban J connectivity index is 2.30. The maximum absolute atomic E-state index is 14.1. The van der Waals surface area contributed by atoms with E-state index in [4.69, 9.17) is 0 Å². The number of rotatable bonds is 6. The first-order valence-electron chi connectivity index (χ1n) is 6.63. The fourth-order valence-electron chi connectivity index (χ4n) is 2.13. The molecule has 1 aromatic heterocycles. The third kappa shape index (κ3) is 3.43. The SMILES string of the molecule is CCCNC(Cc1ncnn1C)c1c(F)cccc1Br. The molecule has 1 heterocycles. The molecule has 0 aliphatic rings. The van der Waals surface area contributed by atoms with E-state index in [0.29, 0.717) is 12.0 Å². The Morgan fingerprint density at radius 3 is 2.85 bits per heavy atom. The summed E-state index contributed by atoms with van der Waals surface area (Å²) >= 11 is 3.44. The molecule has 4 nitrogen and oxygen atoms in total. The van der Waals surface area contributed by atoms with Gasteiger partial charge < -0.3 is 5.32 Å². The van der Waals surface area contributed by atoms with E-state index in [-0.39, 0.29) is 11.9 Å². The fourth-order valence-corrected chi connectivity index (χ4v) is 2.74. The normalized spacial score (nSPS) is 12.6. The Morgan fingerprint density at radius 2 is 2.25 bits per heavy atom. The summed E-state index contributed by atoms with van der Waals surface area (Å²) < 4.78 is 16.6. The first-order valence-corrected chi connectivity index (χ1v) is 7.43. The van der Waals surface area contributed by atoms with Gasteiger partial charge in [0.1, 0.15) is 18.0 Å². The predicted molar refractivity (Wildman–Crippen MR) is 79.8 cm³/mol. The number of aromatic nitrogens is 3. The van der Waals surface area contributed by atoms with Gasteiger partial charge in [-0.05, 0) is 25.1 Å². The highest BCUT2D eigenvalue weighted by molar-refractivity contribution is 9.10. The first-order chi connectivity index (χ1) is 9.63. The van der Waals surface area contributed by atoms with Gasteiger partial charge >= 0.3 is 0 Å². The Labute approximate surface area is 126 Å². The van der Waals surface area contributed by atoms with Crippen molar-refractivity contribution in [1.82, 2.24) is 20.1 Å². The summed E-state index contributed by atoms with van der Waals surface area (Å²) in [4.78, 5) is 4.22. The fraction of sp³-hybridized carbons (Fsp3) is 0.429. The van der Waals surface area contributed by atoms with Crippen molar-refractivity contribution < 1.29 is 4.39 Å². The molecule has 1 unspecified atom stereocenters. The highest BCUT2D eigenvalue weighted by Gasteiger charge is 2.20. The van der Waals surface area contributed by atoms with Crippen molar-refractivity contribution in [2.24, 2.45) is 7.05 Å². The van der Waals surface area contributed by atoms with Crippen molar-refractivity contribution in [3.05, 3.63) is 46.2 Å². The number of halogens is 2. The van der Waals surface area contributed by atoms with Crippen molar-refractivity contribution in [3.8, 4) is 0 Å². The molecule has 108 valence electrons. The van der Waals surface area contributed by atoms with Crippen molar-refractivity contribution in [3.63, 3.8) is 0 Å². The van der Waals surface area contributed by atoms with Gasteiger partial charge in [0, 0.05) is 29.5 Å². The summed E-state index contributed by atoms with van der Waals surface area (Å²) in [5, 5.41) is 7.44. The second kappa shape index (κ2) is 6.95. The number of nitrogens with zero attached hydrogens (tertiary/aromatic N) is 3. The monoisotopic (exact) mass is 340 g/mol. The minimum atomic E-state index is -0.213. The minimum Gasteiger partial charge on any atom is -0.309 e. The second-order valence-electron chi connectivity index (χ2n) is 4.65. The number of aryl methyl sites for hydroxylation is 1. The molecule has 0 radical (unpaired) electrons. The average molecular weight is 341 g/mol. The lowest BCUT2D eigenvalue weighted by Gasteiger charge is -2.20. The zero-order chi connectivity index (χ0) is 14.5. The Kier molecular flexibility index (Phi) is 5.25. The van der Waals surface area contributed by atoms with Gasteiger partial charge in [-0.25, -0.2) is 9.37 Å². The van der Waals surface area contributed by atoms with Crippen LogP contribution in [0.2, 0.25) is 0 Å². The smallest absolute Gasteiger partial charge is 0.138 e. The van der Waals surface area contributed by atoms with E-state index in [1.165, 1.54) is 12.4 Å². The predicted octanol–water partition coefficient (Wildman–Crippen LogP) is 3.00. The molecule has 1 atom stereocenters. The molecular formula is C14H18BrFN4. The highest BCUT2D eigenvalue weighted by Crippen LogP contribution is 2.28. The molecule has 0 fully saturated rings. The van der Waals surface area contributed by atoms with Crippen LogP contribution in [-0.4, -0.2) is 21.3 Å². The van der Waals surface area contributed by atoms with Crippen LogP contribution in [0.3, 0.4) is 0 Å². The minimum absolute atomic E-state index is 0.131.